The molecule has 1 N–H and O–H groups in total. The third kappa shape index (κ3) is 3.21. The quantitative estimate of drug-likeness (QED) is 0.683. The van der Waals surface area contributed by atoms with E-state index >= 15 is 0 Å². The highest BCUT2D eigenvalue weighted by Crippen LogP contribution is 2.25. The van der Waals surface area contributed by atoms with E-state index in [1.807, 2.05) is 6.92 Å². The van der Waals surface area contributed by atoms with Crippen LogP contribution in [0, 0.1) is 23.0 Å². The number of aliphatic hydroxyl groups is 1. The van der Waals surface area contributed by atoms with Crippen LogP contribution in [0.4, 0.5) is 5.69 Å². The van der Waals surface area contributed by atoms with Gasteiger partial charge in [0.25, 0.3) is 11.6 Å². The first-order valence-corrected chi connectivity index (χ1v) is 7.11. The van der Waals surface area contributed by atoms with Crippen molar-refractivity contribution in [1.29, 1.82) is 0 Å². The predicted octanol–water partition coefficient (Wildman–Crippen LogP) is 2.14. The van der Waals surface area contributed by atoms with E-state index in [2.05, 4.69) is 0 Å². The largest absolute Gasteiger partial charge is 0.396 e. The molecule has 0 spiro atoms. The minimum Gasteiger partial charge on any atom is -0.396 e. The number of likely N-dealkylation sites (tertiary alicyclic amines) is 1. The number of carbonyl (C=O) groups is 1. The second-order valence-corrected chi connectivity index (χ2v) is 5.69. The minimum atomic E-state index is -0.466. The summed E-state index contributed by atoms with van der Waals surface area (Å²) in [6.07, 6.45) is 1.78. The van der Waals surface area contributed by atoms with Crippen LogP contribution in [0.3, 0.4) is 0 Å². The summed E-state index contributed by atoms with van der Waals surface area (Å²) < 4.78 is 0. The zero-order valence-electron chi connectivity index (χ0n) is 12.3. The Labute approximate surface area is 123 Å². The Morgan fingerprint density at radius 3 is 2.76 bits per heavy atom. The molecule has 0 bridgehead atoms. The molecule has 2 unspecified atom stereocenters. The monoisotopic (exact) mass is 292 g/mol. The van der Waals surface area contributed by atoms with Crippen LogP contribution in [0.15, 0.2) is 18.2 Å². The van der Waals surface area contributed by atoms with Crippen LogP contribution in [-0.2, 0) is 0 Å². The number of benzene rings is 1. The van der Waals surface area contributed by atoms with Gasteiger partial charge in [-0.2, -0.15) is 0 Å². The zero-order chi connectivity index (χ0) is 15.6. The number of aryl methyl sites for hydroxylation is 1. The van der Waals surface area contributed by atoms with Crippen molar-refractivity contribution in [1.82, 2.24) is 4.90 Å². The molecule has 1 aliphatic rings. The van der Waals surface area contributed by atoms with Gasteiger partial charge in [-0.1, -0.05) is 0 Å². The Morgan fingerprint density at radius 1 is 1.48 bits per heavy atom. The van der Waals surface area contributed by atoms with Crippen LogP contribution in [0.1, 0.15) is 35.7 Å². The molecule has 1 heterocycles. The van der Waals surface area contributed by atoms with Crippen molar-refractivity contribution >= 4 is 11.6 Å². The van der Waals surface area contributed by atoms with E-state index in [0.717, 1.165) is 12.8 Å². The van der Waals surface area contributed by atoms with Gasteiger partial charge in [0.1, 0.15) is 0 Å². The van der Waals surface area contributed by atoms with Crippen molar-refractivity contribution in [3.05, 3.63) is 39.4 Å². The average molecular weight is 292 g/mol. The van der Waals surface area contributed by atoms with Gasteiger partial charge < -0.3 is 10.0 Å². The van der Waals surface area contributed by atoms with E-state index in [1.165, 1.54) is 18.2 Å². The van der Waals surface area contributed by atoms with Crippen molar-refractivity contribution in [3.63, 3.8) is 0 Å². The molecule has 0 saturated carbocycles. The lowest BCUT2D eigenvalue weighted by molar-refractivity contribution is -0.384. The molecule has 1 aromatic carbocycles. The Bertz CT molecular complexity index is 559. The number of amides is 1. The van der Waals surface area contributed by atoms with Crippen LogP contribution >= 0.6 is 0 Å². The number of carbonyl (C=O) groups excluding carboxylic acids is 1. The van der Waals surface area contributed by atoms with E-state index in [-0.39, 0.29) is 30.2 Å². The van der Waals surface area contributed by atoms with Gasteiger partial charge in [-0.15, -0.1) is 0 Å². The maximum absolute atomic E-state index is 12.6. The third-order valence-corrected chi connectivity index (χ3v) is 4.15. The normalized spacial score (nSPS) is 22.1. The number of non-ortho nitro benzene ring substituents is 1. The topological polar surface area (TPSA) is 83.7 Å². The molecule has 1 amide bonds. The van der Waals surface area contributed by atoms with Crippen LogP contribution in [-0.4, -0.2) is 40.0 Å². The molecular formula is C15H20N2O4. The maximum atomic E-state index is 12.6. The molecule has 1 aromatic rings. The van der Waals surface area contributed by atoms with E-state index in [9.17, 15) is 20.0 Å². The molecule has 1 saturated heterocycles. The molecule has 6 heteroatoms. The smallest absolute Gasteiger partial charge is 0.269 e. The molecule has 0 aliphatic carbocycles. The maximum Gasteiger partial charge on any atom is 0.269 e. The van der Waals surface area contributed by atoms with Crippen LogP contribution in [0.5, 0.6) is 0 Å². The van der Waals surface area contributed by atoms with E-state index < -0.39 is 4.92 Å². The SMILES string of the molecule is Cc1cc([N+](=O)[O-])ccc1C(=O)N1CC(CO)CCC1C. The number of aliphatic hydroxyl groups excluding tert-OH is 1. The molecule has 6 nitrogen and oxygen atoms in total. The second kappa shape index (κ2) is 6.22. The fraction of sp³-hybridized carbons (Fsp3) is 0.533. The van der Waals surface area contributed by atoms with Crippen LogP contribution in [0.2, 0.25) is 0 Å². The lowest BCUT2D eigenvalue weighted by Crippen LogP contribution is -2.46. The molecule has 2 atom stereocenters. The summed E-state index contributed by atoms with van der Waals surface area (Å²) in [6.45, 7) is 4.31. The van der Waals surface area contributed by atoms with Gasteiger partial charge in [-0.25, -0.2) is 0 Å². The number of nitrogens with zero attached hydrogens (tertiary/aromatic N) is 2. The Balaban J connectivity index is 2.24. The second-order valence-electron chi connectivity index (χ2n) is 5.69. The van der Waals surface area contributed by atoms with Crippen molar-refractivity contribution in [2.45, 2.75) is 32.7 Å². The summed E-state index contributed by atoms with van der Waals surface area (Å²) in [5.41, 5.74) is 1.09. The fourth-order valence-corrected chi connectivity index (χ4v) is 2.77. The molecular weight excluding hydrogens is 272 g/mol. The molecule has 1 aliphatic heterocycles. The first kappa shape index (κ1) is 15.4. The van der Waals surface area contributed by atoms with Crippen LogP contribution in [0.25, 0.3) is 0 Å². The summed E-state index contributed by atoms with van der Waals surface area (Å²) >= 11 is 0. The lowest BCUT2D eigenvalue weighted by Gasteiger charge is -2.37. The van der Waals surface area contributed by atoms with E-state index in [1.54, 1.807) is 11.8 Å². The zero-order valence-corrected chi connectivity index (χ0v) is 12.3. The number of nitro benzene ring substituents is 1. The summed E-state index contributed by atoms with van der Waals surface area (Å²) in [7, 11) is 0. The molecule has 114 valence electrons. The van der Waals surface area contributed by atoms with E-state index in [4.69, 9.17) is 0 Å². The minimum absolute atomic E-state index is 0.0102. The average Bonchev–Trinajstić information content (AvgIpc) is 2.47. The lowest BCUT2D eigenvalue weighted by atomic mass is 9.93. The predicted molar refractivity (Wildman–Crippen MR) is 78.1 cm³/mol. The molecule has 1 fully saturated rings. The van der Waals surface area contributed by atoms with Crippen LogP contribution < -0.4 is 0 Å². The highest BCUT2D eigenvalue weighted by atomic mass is 16.6. The molecule has 0 aromatic heterocycles. The van der Waals surface area contributed by atoms with Gasteiger partial charge in [0.05, 0.1) is 4.92 Å². The first-order valence-electron chi connectivity index (χ1n) is 7.11. The van der Waals surface area contributed by atoms with Gasteiger partial charge in [0, 0.05) is 36.9 Å². The summed E-state index contributed by atoms with van der Waals surface area (Å²) in [5, 5.41) is 20.0. The van der Waals surface area contributed by atoms with Gasteiger partial charge in [0.15, 0.2) is 0 Å². The summed E-state index contributed by atoms with van der Waals surface area (Å²) in [6, 6.07) is 4.42. The third-order valence-electron chi connectivity index (χ3n) is 4.15. The highest BCUT2D eigenvalue weighted by Gasteiger charge is 2.30. The van der Waals surface area contributed by atoms with Crippen molar-refractivity contribution in [2.75, 3.05) is 13.2 Å². The Hall–Kier alpha value is -1.95. The van der Waals surface area contributed by atoms with Gasteiger partial charge in [0.2, 0.25) is 0 Å². The summed E-state index contributed by atoms with van der Waals surface area (Å²) in [5.74, 6) is -0.00319. The van der Waals surface area contributed by atoms with Gasteiger partial charge >= 0.3 is 0 Å². The number of hydrogen-bond donors (Lipinski definition) is 1. The van der Waals surface area contributed by atoms with Crippen molar-refractivity contribution in [3.8, 4) is 0 Å². The Kier molecular flexibility index (Phi) is 4.57. The number of piperidine rings is 1. The van der Waals surface area contributed by atoms with E-state index in [0.29, 0.717) is 17.7 Å². The van der Waals surface area contributed by atoms with Gasteiger partial charge in [-0.05, 0) is 44.2 Å². The molecule has 21 heavy (non-hydrogen) atoms. The standard InChI is InChI=1S/C15H20N2O4/c1-10-7-13(17(20)21)5-6-14(10)15(19)16-8-12(9-18)4-3-11(16)2/h5-7,11-12,18H,3-4,8-9H2,1-2H3. The van der Waals surface area contributed by atoms with Gasteiger partial charge in [-0.3, -0.25) is 14.9 Å². The first-order chi connectivity index (χ1) is 9.93. The van der Waals surface area contributed by atoms with Crippen molar-refractivity contribution < 1.29 is 14.8 Å². The molecule has 0 radical (unpaired) electrons. The van der Waals surface area contributed by atoms with Crippen molar-refractivity contribution in [2.24, 2.45) is 5.92 Å². The number of rotatable bonds is 3. The number of nitro groups is 1. The molecule has 2 rings (SSSR count). The number of hydrogen-bond acceptors (Lipinski definition) is 4. The Morgan fingerprint density at radius 2 is 2.19 bits per heavy atom. The highest BCUT2D eigenvalue weighted by molar-refractivity contribution is 5.96. The fourth-order valence-electron chi connectivity index (χ4n) is 2.77. The summed E-state index contributed by atoms with van der Waals surface area (Å²) in [4.78, 5) is 24.7.